The Bertz CT molecular complexity index is 903. The van der Waals surface area contributed by atoms with Crippen molar-refractivity contribution >= 4 is 38.3 Å². The molecule has 0 aliphatic carbocycles. The fourth-order valence-corrected chi connectivity index (χ4v) is 4.54. The van der Waals surface area contributed by atoms with E-state index in [4.69, 9.17) is 9.15 Å². The maximum atomic E-state index is 12.2. The minimum Gasteiger partial charge on any atom is -0.459 e. The Morgan fingerprint density at radius 3 is 2.79 bits per heavy atom. The van der Waals surface area contributed by atoms with Crippen molar-refractivity contribution < 1.29 is 27.2 Å². The number of sulfonamides is 1. The van der Waals surface area contributed by atoms with Crippen LogP contribution in [0.3, 0.4) is 0 Å². The highest BCUT2D eigenvalue weighted by Gasteiger charge is 2.24. The molecule has 1 aliphatic rings. The number of thiazole rings is 1. The molecule has 12 heteroatoms. The van der Waals surface area contributed by atoms with Crippen LogP contribution in [0.1, 0.15) is 16.2 Å². The van der Waals surface area contributed by atoms with E-state index in [1.807, 2.05) is 0 Å². The number of nitrogens with zero attached hydrogens (tertiary/aromatic N) is 2. The van der Waals surface area contributed by atoms with E-state index in [1.54, 1.807) is 11.4 Å². The molecule has 0 atom stereocenters. The number of morpholine rings is 1. The summed E-state index contributed by atoms with van der Waals surface area (Å²) in [7, 11) is -3.41. The number of rotatable bonds is 8. The minimum absolute atomic E-state index is 0.00920. The van der Waals surface area contributed by atoms with Gasteiger partial charge in [0, 0.05) is 25.0 Å². The van der Waals surface area contributed by atoms with Crippen molar-refractivity contribution in [3.05, 3.63) is 35.2 Å². The lowest BCUT2D eigenvalue weighted by Gasteiger charge is -2.26. The van der Waals surface area contributed by atoms with Crippen LogP contribution in [-0.2, 0) is 26.0 Å². The van der Waals surface area contributed by atoms with E-state index in [2.05, 4.69) is 15.6 Å². The Morgan fingerprint density at radius 1 is 1.29 bits per heavy atom. The van der Waals surface area contributed by atoms with Crippen LogP contribution in [0.15, 0.2) is 28.2 Å². The third kappa shape index (κ3) is 5.61. The predicted octanol–water partition coefficient (Wildman–Crippen LogP) is 0.309. The molecule has 0 bridgehead atoms. The summed E-state index contributed by atoms with van der Waals surface area (Å²) in [5, 5.41) is 7.17. The second-order valence-corrected chi connectivity index (χ2v) is 8.88. The summed E-state index contributed by atoms with van der Waals surface area (Å²) in [5.74, 6) is -0.772. The van der Waals surface area contributed by atoms with Crippen LogP contribution >= 0.6 is 11.3 Å². The molecule has 0 aromatic carbocycles. The third-order valence-electron chi connectivity index (χ3n) is 3.90. The number of hydrogen-bond donors (Lipinski definition) is 2. The van der Waals surface area contributed by atoms with E-state index < -0.39 is 15.9 Å². The highest BCUT2D eigenvalue weighted by atomic mass is 32.2. The summed E-state index contributed by atoms with van der Waals surface area (Å²) in [4.78, 5) is 28.1. The average Bonchev–Trinajstić information content (AvgIpc) is 3.34. The second-order valence-electron chi connectivity index (χ2n) is 5.93. The standard InChI is InChI=1S/C16H20N4O6S2/c21-14(17-3-9-28(23,24)20-4-7-25-8-5-20)10-12-11-27-16(18-12)19-15(22)13-2-1-6-26-13/h1-2,6,11H,3-5,7-10H2,(H,17,21)(H,18,19,22). The number of anilines is 1. The molecule has 1 saturated heterocycles. The zero-order chi connectivity index (χ0) is 20.0. The molecule has 1 aliphatic heterocycles. The van der Waals surface area contributed by atoms with Gasteiger partial charge >= 0.3 is 0 Å². The van der Waals surface area contributed by atoms with Crippen molar-refractivity contribution in [2.24, 2.45) is 0 Å². The number of carbonyl (C=O) groups excluding carboxylic acids is 2. The van der Waals surface area contributed by atoms with Crippen LogP contribution in [0.25, 0.3) is 0 Å². The number of amides is 2. The smallest absolute Gasteiger partial charge is 0.293 e. The first-order valence-corrected chi connectivity index (χ1v) is 11.0. The average molecular weight is 428 g/mol. The van der Waals surface area contributed by atoms with Crippen LogP contribution in [0.5, 0.6) is 0 Å². The Balaban J connectivity index is 1.42. The Labute approximate surface area is 165 Å². The molecule has 1 fully saturated rings. The molecule has 2 N–H and O–H groups in total. The zero-order valence-electron chi connectivity index (χ0n) is 14.9. The monoisotopic (exact) mass is 428 g/mol. The molecule has 152 valence electrons. The maximum absolute atomic E-state index is 12.2. The van der Waals surface area contributed by atoms with Gasteiger partial charge in [-0.1, -0.05) is 0 Å². The highest BCUT2D eigenvalue weighted by molar-refractivity contribution is 7.89. The first kappa shape index (κ1) is 20.5. The largest absolute Gasteiger partial charge is 0.459 e. The fraction of sp³-hybridized carbons (Fsp3) is 0.438. The fourth-order valence-electron chi connectivity index (χ4n) is 2.51. The molecule has 3 heterocycles. The van der Waals surface area contributed by atoms with Crippen molar-refractivity contribution in [2.75, 3.05) is 43.9 Å². The molecule has 2 aromatic heterocycles. The van der Waals surface area contributed by atoms with Gasteiger partial charge in [-0.25, -0.2) is 13.4 Å². The lowest BCUT2D eigenvalue weighted by molar-refractivity contribution is -0.120. The molecule has 3 rings (SSSR count). The number of hydrogen-bond acceptors (Lipinski definition) is 8. The molecule has 0 radical (unpaired) electrons. The number of nitrogens with one attached hydrogen (secondary N) is 2. The Morgan fingerprint density at radius 2 is 2.07 bits per heavy atom. The molecule has 0 spiro atoms. The van der Waals surface area contributed by atoms with Gasteiger partial charge in [-0.3, -0.25) is 14.9 Å². The topological polar surface area (TPSA) is 131 Å². The van der Waals surface area contributed by atoms with E-state index >= 15 is 0 Å². The lowest BCUT2D eigenvalue weighted by Crippen LogP contribution is -2.43. The van der Waals surface area contributed by atoms with Gasteiger partial charge in [0.25, 0.3) is 5.91 Å². The first-order chi connectivity index (χ1) is 13.4. The van der Waals surface area contributed by atoms with Crippen LogP contribution in [0, 0.1) is 0 Å². The van der Waals surface area contributed by atoms with E-state index in [-0.39, 0.29) is 30.4 Å². The minimum atomic E-state index is -3.41. The normalized spacial score (nSPS) is 15.3. The zero-order valence-corrected chi connectivity index (χ0v) is 16.6. The van der Waals surface area contributed by atoms with Gasteiger partial charge in [0.2, 0.25) is 15.9 Å². The van der Waals surface area contributed by atoms with E-state index in [1.165, 1.54) is 28.0 Å². The summed E-state index contributed by atoms with van der Waals surface area (Å²) in [6.07, 6.45) is 1.39. The van der Waals surface area contributed by atoms with Gasteiger partial charge in [0.1, 0.15) is 0 Å². The summed E-state index contributed by atoms with van der Waals surface area (Å²) >= 11 is 1.18. The Kier molecular flexibility index (Phi) is 6.78. The lowest BCUT2D eigenvalue weighted by atomic mass is 10.3. The van der Waals surface area contributed by atoms with Crippen molar-refractivity contribution in [1.82, 2.24) is 14.6 Å². The number of ether oxygens (including phenoxy) is 1. The second kappa shape index (κ2) is 9.28. The number of carbonyl (C=O) groups is 2. The highest BCUT2D eigenvalue weighted by Crippen LogP contribution is 2.17. The van der Waals surface area contributed by atoms with Crippen molar-refractivity contribution in [1.29, 1.82) is 0 Å². The van der Waals surface area contributed by atoms with Gasteiger partial charge in [0.05, 0.1) is 37.3 Å². The van der Waals surface area contributed by atoms with Gasteiger partial charge in [0.15, 0.2) is 10.9 Å². The van der Waals surface area contributed by atoms with Crippen LogP contribution in [0.2, 0.25) is 0 Å². The van der Waals surface area contributed by atoms with Crippen molar-refractivity contribution in [3.63, 3.8) is 0 Å². The molecule has 0 saturated carbocycles. The number of aromatic nitrogens is 1. The Hall–Kier alpha value is -2.28. The molecule has 28 heavy (non-hydrogen) atoms. The molecular formula is C16H20N4O6S2. The molecule has 0 unspecified atom stereocenters. The van der Waals surface area contributed by atoms with Crippen molar-refractivity contribution in [2.45, 2.75) is 6.42 Å². The summed E-state index contributed by atoms with van der Waals surface area (Å²) in [5.41, 5.74) is 0.480. The first-order valence-electron chi connectivity index (χ1n) is 8.55. The van der Waals surface area contributed by atoms with E-state index in [0.717, 1.165) is 0 Å². The summed E-state index contributed by atoms with van der Waals surface area (Å²) in [6, 6.07) is 3.13. The van der Waals surface area contributed by atoms with Crippen LogP contribution < -0.4 is 10.6 Å². The molecular weight excluding hydrogens is 408 g/mol. The quantitative estimate of drug-likeness (QED) is 0.619. The van der Waals surface area contributed by atoms with Gasteiger partial charge in [-0.05, 0) is 12.1 Å². The number of furan rings is 1. The molecule has 10 nitrogen and oxygen atoms in total. The van der Waals surface area contributed by atoms with E-state index in [9.17, 15) is 18.0 Å². The molecule has 2 amide bonds. The van der Waals surface area contributed by atoms with E-state index in [0.29, 0.717) is 37.1 Å². The van der Waals surface area contributed by atoms with Gasteiger partial charge in [-0.15, -0.1) is 11.3 Å². The van der Waals surface area contributed by atoms with Crippen molar-refractivity contribution in [3.8, 4) is 0 Å². The predicted molar refractivity (Wildman–Crippen MR) is 102 cm³/mol. The summed E-state index contributed by atoms with van der Waals surface area (Å²) in [6.45, 7) is 1.45. The van der Waals surface area contributed by atoms with Crippen LogP contribution in [0.4, 0.5) is 5.13 Å². The van der Waals surface area contributed by atoms with Crippen LogP contribution in [-0.4, -0.2) is 68.1 Å². The maximum Gasteiger partial charge on any atom is 0.293 e. The van der Waals surface area contributed by atoms with Gasteiger partial charge < -0.3 is 14.5 Å². The summed E-state index contributed by atoms with van der Waals surface area (Å²) < 4.78 is 35.9. The third-order valence-corrected chi connectivity index (χ3v) is 6.58. The molecule has 2 aromatic rings. The van der Waals surface area contributed by atoms with Gasteiger partial charge in [-0.2, -0.15) is 4.31 Å². The SMILES string of the molecule is O=C(Cc1csc(NC(=O)c2ccco2)n1)NCCS(=O)(=O)N1CCOCC1.